The van der Waals surface area contributed by atoms with Crippen molar-refractivity contribution in [2.45, 2.75) is 13.5 Å². The predicted molar refractivity (Wildman–Crippen MR) is 101 cm³/mol. The van der Waals surface area contributed by atoms with Crippen LogP contribution < -0.4 is 10.6 Å². The highest BCUT2D eigenvalue weighted by atomic mass is 16.5. The van der Waals surface area contributed by atoms with Gasteiger partial charge in [-0.25, -0.2) is 0 Å². The Balaban J connectivity index is 1.60. The van der Waals surface area contributed by atoms with E-state index in [0.29, 0.717) is 19.8 Å². The third-order valence-corrected chi connectivity index (χ3v) is 4.40. The Hall–Kier alpha value is -2.37. The zero-order valence-corrected chi connectivity index (χ0v) is 14.6. The molecular weight excluding hydrogens is 314 g/mol. The zero-order valence-electron chi connectivity index (χ0n) is 14.6. The summed E-state index contributed by atoms with van der Waals surface area (Å²) in [5, 5.41) is 6.46. The minimum Gasteiger partial charge on any atom is -0.379 e. The highest BCUT2D eigenvalue weighted by Gasteiger charge is 2.15. The average Bonchev–Trinajstić information content (AvgIpc) is 2.63. The van der Waals surface area contributed by atoms with Crippen molar-refractivity contribution in [1.82, 2.24) is 4.90 Å². The fourth-order valence-electron chi connectivity index (χ4n) is 2.90. The molecule has 2 aromatic rings. The van der Waals surface area contributed by atoms with Crippen LogP contribution in [0.15, 0.2) is 48.5 Å². The Labute approximate surface area is 149 Å². The van der Waals surface area contributed by atoms with Crippen LogP contribution in [-0.2, 0) is 16.1 Å². The number of nitrogens with one attached hydrogen (secondary N) is 2. The van der Waals surface area contributed by atoms with Crippen LogP contribution in [0, 0.1) is 6.92 Å². The molecule has 1 heterocycles. The molecule has 1 saturated heterocycles. The number of ether oxygens (including phenoxy) is 1. The van der Waals surface area contributed by atoms with Crippen molar-refractivity contribution in [3.63, 3.8) is 0 Å². The first-order valence-corrected chi connectivity index (χ1v) is 8.70. The van der Waals surface area contributed by atoms with Gasteiger partial charge in [-0.05, 0) is 30.2 Å². The van der Waals surface area contributed by atoms with E-state index in [0.717, 1.165) is 31.0 Å². The molecule has 2 N–H and O–H groups in total. The zero-order chi connectivity index (χ0) is 17.5. The van der Waals surface area contributed by atoms with Gasteiger partial charge in [0.1, 0.15) is 0 Å². The molecule has 0 atom stereocenters. The average molecular weight is 339 g/mol. The Morgan fingerprint density at radius 1 is 1.04 bits per heavy atom. The Morgan fingerprint density at radius 3 is 2.48 bits per heavy atom. The van der Waals surface area contributed by atoms with Gasteiger partial charge in [0, 0.05) is 19.6 Å². The number of morpholine rings is 1. The molecule has 1 fully saturated rings. The summed E-state index contributed by atoms with van der Waals surface area (Å²) < 4.78 is 5.32. The van der Waals surface area contributed by atoms with Gasteiger partial charge in [0.05, 0.1) is 31.1 Å². The second-order valence-electron chi connectivity index (χ2n) is 6.26. The first kappa shape index (κ1) is 17.5. The number of para-hydroxylation sites is 2. The fourth-order valence-corrected chi connectivity index (χ4v) is 2.90. The van der Waals surface area contributed by atoms with Crippen molar-refractivity contribution in [3.05, 3.63) is 59.7 Å². The topological polar surface area (TPSA) is 53.6 Å². The number of hydrogen-bond acceptors (Lipinski definition) is 4. The second-order valence-corrected chi connectivity index (χ2v) is 6.26. The first-order valence-electron chi connectivity index (χ1n) is 8.70. The number of aryl methyl sites for hydroxylation is 1. The minimum atomic E-state index is 0.00652. The third kappa shape index (κ3) is 5.05. The van der Waals surface area contributed by atoms with Crippen molar-refractivity contribution in [1.29, 1.82) is 0 Å². The summed E-state index contributed by atoms with van der Waals surface area (Å²) in [4.78, 5) is 14.5. The van der Waals surface area contributed by atoms with Crippen LogP contribution in [0.4, 0.5) is 11.4 Å². The molecule has 1 aliphatic heterocycles. The van der Waals surface area contributed by atoms with Crippen molar-refractivity contribution < 1.29 is 9.53 Å². The number of carbonyl (C=O) groups excluding carboxylic acids is 1. The van der Waals surface area contributed by atoms with E-state index in [1.54, 1.807) is 0 Å². The molecule has 0 aliphatic carbocycles. The minimum absolute atomic E-state index is 0.00652. The summed E-state index contributed by atoms with van der Waals surface area (Å²) in [5.41, 5.74) is 4.25. The highest BCUT2D eigenvalue weighted by Crippen LogP contribution is 2.22. The molecule has 1 amide bonds. The molecule has 5 nitrogen and oxygen atoms in total. The van der Waals surface area contributed by atoms with Crippen LogP contribution in [-0.4, -0.2) is 43.7 Å². The molecule has 0 spiro atoms. The van der Waals surface area contributed by atoms with E-state index >= 15 is 0 Å². The molecule has 0 saturated carbocycles. The van der Waals surface area contributed by atoms with Gasteiger partial charge >= 0.3 is 0 Å². The quantitative estimate of drug-likeness (QED) is 0.850. The van der Waals surface area contributed by atoms with E-state index in [-0.39, 0.29) is 5.91 Å². The molecule has 0 bridgehead atoms. The molecule has 0 radical (unpaired) electrons. The molecule has 0 unspecified atom stereocenters. The van der Waals surface area contributed by atoms with E-state index in [1.165, 1.54) is 11.1 Å². The highest BCUT2D eigenvalue weighted by molar-refractivity contribution is 5.95. The van der Waals surface area contributed by atoms with E-state index in [1.807, 2.05) is 36.4 Å². The molecular formula is C20H25N3O2. The first-order chi connectivity index (χ1) is 12.2. The van der Waals surface area contributed by atoms with Crippen molar-refractivity contribution >= 4 is 17.3 Å². The lowest BCUT2D eigenvalue weighted by molar-refractivity contribution is -0.118. The standard InChI is InChI=1S/C20H25N3O2/c1-16-6-2-3-7-17(16)14-21-18-8-4-5-9-19(18)22-20(24)15-23-10-12-25-13-11-23/h2-9,21H,10-15H2,1H3,(H,22,24). The van der Waals surface area contributed by atoms with Gasteiger partial charge in [-0.1, -0.05) is 36.4 Å². The van der Waals surface area contributed by atoms with Gasteiger partial charge in [-0.2, -0.15) is 0 Å². The number of hydrogen-bond donors (Lipinski definition) is 2. The summed E-state index contributed by atoms with van der Waals surface area (Å²) in [6, 6.07) is 16.1. The van der Waals surface area contributed by atoms with Gasteiger partial charge in [-0.15, -0.1) is 0 Å². The Morgan fingerprint density at radius 2 is 1.72 bits per heavy atom. The summed E-state index contributed by atoms with van der Waals surface area (Å²) >= 11 is 0. The number of nitrogens with zero attached hydrogens (tertiary/aromatic N) is 1. The normalized spacial score (nSPS) is 14.9. The number of amides is 1. The van der Waals surface area contributed by atoms with E-state index in [4.69, 9.17) is 4.74 Å². The summed E-state index contributed by atoms with van der Waals surface area (Å²) in [7, 11) is 0. The molecule has 1 aliphatic rings. The predicted octanol–water partition coefficient (Wildman–Crippen LogP) is 2.88. The van der Waals surface area contributed by atoms with Crippen LogP contribution in [0.1, 0.15) is 11.1 Å². The van der Waals surface area contributed by atoms with E-state index in [9.17, 15) is 4.79 Å². The summed E-state index contributed by atoms with van der Waals surface area (Å²) in [6.45, 7) is 6.23. The summed E-state index contributed by atoms with van der Waals surface area (Å²) in [6.07, 6.45) is 0. The largest absolute Gasteiger partial charge is 0.379 e. The molecule has 25 heavy (non-hydrogen) atoms. The Bertz CT molecular complexity index is 712. The second kappa shape index (κ2) is 8.65. The van der Waals surface area contributed by atoms with Gasteiger partial charge in [0.15, 0.2) is 0 Å². The molecule has 5 heteroatoms. The maximum Gasteiger partial charge on any atom is 0.238 e. The smallest absolute Gasteiger partial charge is 0.238 e. The van der Waals surface area contributed by atoms with E-state index < -0.39 is 0 Å². The lowest BCUT2D eigenvalue weighted by atomic mass is 10.1. The van der Waals surface area contributed by atoms with Gasteiger partial charge in [0.2, 0.25) is 5.91 Å². The van der Waals surface area contributed by atoms with Crippen LogP contribution in [0.2, 0.25) is 0 Å². The van der Waals surface area contributed by atoms with Crippen LogP contribution in [0.5, 0.6) is 0 Å². The van der Waals surface area contributed by atoms with Crippen LogP contribution in [0.3, 0.4) is 0 Å². The number of rotatable bonds is 6. The van der Waals surface area contributed by atoms with Gasteiger partial charge in [0.25, 0.3) is 0 Å². The lowest BCUT2D eigenvalue weighted by Gasteiger charge is -2.26. The van der Waals surface area contributed by atoms with Crippen LogP contribution >= 0.6 is 0 Å². The molecule has 132 valence electrons. The van der Waals surface area contributed by atoms with Gasteiger partial charge in [-0.3, -0.25) is 9.69 Å². The Kier molecular flexibility index (Phi) is 6.04. The van der Waals surface area contributed by atoms with Gasteiger partial charge < -0.3 is 15.4 Å². The third-order valence-electron chi connectivity index (χ3n) is 4.40. The molecule has 0 aromatic heterocycles. The van der Waals surface area contributed by atoms with Crippen molar-refractivity contribution in [2.24, 2.45) is 0 Å². The van der Waals surface area contributed by atoms with E-state index in [2.05, 4.69) is 34.6 Å². The van der Waals surface area contributed by atoms with Crippen LogP contribution in [0.25, 0.3) is 0 Å². The van der Waals surface area contributed by atoms with Crippen molar-refractivity contribution in [2.75, 3.05) is 43.5 Å². The maximum atomic E-state index is 12.3. The maximum absolute atomic E-state index is 12.3. The SMILES string of the molecule is Cc1ccccc1CNc1ccccc1NC(=O)CN1CCOCC1. The number of anilines is 2. The molecule has 3 rings (SSSR count). The number of carbonyl (C=O) groups is 1. The van der Waals surface area contributed by atoms with Crippen molar-refractivity contribution in [3.8, 4) is 0 Å². The monoisotopic (exact) mass is 339 g/mol. The molecule has 2 aromatic carbocycles. The number of benzene rings is 2. The lowest BCUT2D eigenvalue weighted by Crippen LogP contribution is -2.41. The fraction of sp³-hybridized carbons (Fsp3) is 0.350. The summed E-state index contributed by atoms with van der Waals surface area (Å²) in [5.74, 6) is 0.00652.